The smallest absolute Gasteiger partial charge is 0.238 e. The van der Waals surface area contributed by atoms with Crippen LogP contribution in [0.15, 0.2) is 23.1 Å². The van der Waals surface area contributed by atoms with Gasteiger partial charge in [0, 0.05) is 12.6 Å². The number of anilines is 1. The van der Waals surface area contributed by atoms with Gasteiger partial charge in [0.1, 0.15) is 5.82 Å². The summed E-state index contributed by atoms with van der Waals surface area (Å²) in [5.74, 6) is -0.232. The van der Waals surface area contributed by atoms with Crippen LogP contribution >= 0.6 is 0 Å². The molecule has 1 fully saturated rings. The molecule has 0 spiro atoms. The van der Waals surface area contributed by atoms with Gasteiger partial charge >= 0.3 is 0 Å². The first-order valence-electron chi connectivity index (χ1n) is 6.62. The monoisotopic (exact) mass is 301 g/mol. The molecule has 1 aliphatic rings. The van der Waals surface area contributed by atoms with E-state index in [-0.39, 0.29) is 10.9 Å². The van der Waals surface area contributed by atoms with Gasteiger partial charge in [-0.3, -0.25) is 0 Å². The van der Waals surface area contributed by atoms with Crippen molar-refractivity contribution in [1.82, 2.24) is 0 Å². The predicted octanol–water partition coefficient (Wildman–Crippen LogP) is 1.04. The normalized spacial score (nSPS) is 23.9. The van der Waals surface area contributed by atoms with Crippen molar-refractivity contribution in [3.63, 3.8) is 0 Å². The first-order valence-corrected chi connectivity index (χ1v) is 8.16. The van der Waals surface area contributed by atoms with Gasteiger partial charge in [-0.1, -0.05) is 0 Å². The van der Waals surface area contributed by atoms with E-state index < -0.39 is 15.8 Å². The van der Waals surface area contributed by atoms with E-state index in [1.165, 1.54) is 12.1 Å². The summed E-state index contributed by atoms with van der Waals surface area (Å²) in [6, 6.07) is 3.99. The number of rotatable bonds is 3. The SMILES string of the molecule is CC1CCC(CN)CN1c1ccc(S(N)(=O)=O)cc1F. The number of nitrogens with zero attached hydrogens (tertiary/aromatic N) is 1. The lowest BCUT2D eigenvalue weighted by molar-refractivity contribution is 0.370. The van der Waals surface area contributed by atoms with Gasteiger partial charge in [0.25, 0.3) is 0 Å². The molecule has 1 aromatic carbocycles. The number of piperidine rings is 1. The molecule has 0 aromatic heterocycles. The van der Waals surface area contributed by atoms with E-state index in [0.717, 1.165) is 18.9 Å². The number of hydrogen-bond acceptors (Lipinski definition) is 4. The average Bonchev–Trinajstić information content (AvgIpc) is 2.38. The molecule has 0 amide bonds. The third-order valence-electron chi connectivity index (χ3n) is 3.87. The highest BCUT2D eigenvalue weighted by Crippen LogP contribution is 2.30. The van der Waals surface area contributed by atoms with Crippen molar-refractivity contribution in [1.29, 1.82) is 0 Å². The second-order valence-corrected chi connectivity index (χ2v) is 6.90. The van der Waals surface area contributed by atoms with E-state index in [1.54, 1.807) is 0 Å². The summed E-state index contributed by atoms with van der Waals surface area (Å²) >= 11 is 0. The average molecular weight is 301 g/mol. The molecule has 5 nitrogen and oxygen atoms in total. The lowest BCUT2D eigenvalue weighted by Gasteiger charge is -2.39. The van der Waals surface area contributed by atoms with Crippen molar-refractivity contribution in [2.75, 3.05) is 18.0 Å². The summed E-state index contributed by atoms with van der Waals surface area (Å²) in [4.78, 5) is 1.74. The third-order valence-corrected chi connectivity index (χ3v) is 4.78. The molecule has 0 saturated carbocycles. The number of sulfonamides is 1. The Morgan fingerprint density at radius 1 is 1.40 bits per heavy atom. The zero-order valence-corrected chi connectivity index (χ0v) is 12.2. The molecule has 112 valence electrons. The van der Waals surface area contributed by atoms with Crippen LogP contribution in [0.25, 0.3) is 0 Å². The van der Waals surface area contributed by atoms with Crippen LogP contribution in [0, 0.1) is 11.7 Å². The molecular formula is C13H20FN3O2S. The molecule has 1 aliphatic heterocycles. The van der Waals surface area contributed by atoms with Gasteiger partial charge in [-0.25, -0.2) is 17.9 Å². The fourth-order valence-corrected chi connectivity index (χ4v) is 3.13. The highest BCUT2D eigenvalue weighted by atomic mass is 32.2. The van der Waals surface area contributed by atoms with E-state index in [1.807, 2.05) is 11.8 Å². The number of hydrogen-bond donors (Lipinski definition) is 2. The maximum absolute atomic E-state index is 14.2. The Morgan fingerprint density at radius 2 is 2.10 bits per heavy atom. The summed E-state index contributed by atoms with van der Waals surface area (Å²) in [6.07, 6.45) is 1.98. The summed E-state index contributed by atoms with van der Waals surface area (Å²) in [6.45, 7) is 3.28. The molecule has 0 bridgehead atoms. The Hall–Kier alpha value is -1.18. The lowest BCUT2D eigenvalue weighted by Crippen LogP contribution is -2.44. The highest BCUT2D eigenvalue weighted by molar-refractivity contribution is 7.89. The first-order chi connectivity index (χ1) is 9.32. The molecule has 1 heterocycles. The van der Waals surface area contributed by atoms with E-state index >= 15 is 0 Å². The fraction of sp³-hybridized carbons (Fsp3) is 0.538. The maximum atomic E-state index is 14.2. The quantitative estimate of drug-likeness (QED) is 0.873. The molecule has 1 saturated heterocycles. The van der Waals surface area contributed by atoms with Crippen LogP contribution in [-0.4, -0.2) is 27.5 Å². The van der Waals surface area contributed by atoms with E-state index in [9.17, 15) is 12.8 Å². The van der Waals surface area contributed by atoms with Crippen LogP contribution in [0.3, 0.4) is 0 Å². The minimum Gasteiger partial charge on any atom is -0.366 e. The van der Waals surface area contributed by atoms with Crippen LogP contribution < -0.4 is 15.8 Å². The maximum Gasteiger partial charge on any atom is 0.238 e. The van der Waals surface area contributed by atoms with Gasteiger partial charge in [-0.2, -0.15) is 0 Å². The van der Waals surface area contributed by atoms with Crippen molar-refractivity contribution in [2.45, 2.75) is 30.7 Å². The molecule has 2 atom stereocenters. The predicted molar refractivity (Wildman–Crippen MR) is 76.4 cm³/mol. The summed E-state index contributed by atoms with van der Waals surface area (Å²) < 4.78 is 36.6. The molecule has 1 aromatic rings. The topological polar surface area (TPSA) is 89.4 Å². The lowest BCUT2D eigenvalue weighted by atomic mass is 9.93. The minimum absolute atomic E-state index is 0.202. The van der Waals surface area contributed by atoms with Crippen LogP contribution in [0.5, 0.6) is 0 Å². The summed E-state index contributed by atoms with van der Waals surface area (Å²) in [5, 5.41) is 5.00. The molecule has 2 rings (SSSR count). The van der Waals surface area contributed by atoms with Gasteiger partial charge in [0.15, 0.2) is 0 Å². The van der Waals surface area contributed by atoms with Crippen LogP contribution in [0.2, 0.25) is 0 Å². The molecule has 7 heteroatoms. The highest BCUT2D eigenvalue weighted by Gasteiger charge is 2.27. The van der Waals surface area contributed by atoms with Crippen LogP contribution in [0.4, 0.5) is 10.1 Å². The largest absolute Gasteiger partial charge is 0.366 e. The zero-order valence-electron chi connectivity index (χ0n) is 11.4. The number of halogens is 1. The van der Waals surface area contributed by atoms with E-state index in [4.69, 9.17) is 10.9 Å². The zero-order chi connectivity index (χ0) is 14.9. The molecule has 0 aliphatic carbocycles. The van der Waals surface area contributed by atoms with Crippen LogP contribution in [-0.2, 0) is 10.0 Å². The van der Waals surface area contributed by atoms with Crippen molar-refractivity contribution in [3.8, 4) is 0 Å². The van der Waals surface area contributed by atoms with Gasteiger partial charge in [-0.15, -0.1) is 0 Å². The molecule has 20 heavy (non-hydrogen) atoms. The number of benzene rings is 1. The van der Waals surface area contributed by atoms with Crippen molar-refractivity contribution >= 4 is 15.7 Å². The number of nitrogens with two attached hydrogens (primary N) is 2. The Balaban J connectivity index is 2.32. The minimum atomic E-state index is -3.88. The third kappa shape index (κ3) is 3.11. The van der Waals surface area contributed by atoms with Gasteiger partial charge < -0.3 is 10.6 Å². The second-order valence-electron chi connectivity index (χ2n) is 5.34. The van der Waals surface area contributed by atoms with Gasteiger partial charge in [0.2, 0.25) is 10.0 Å². The van der Waals surface area contributed by atoms with Crippen LogP contribution in [0.1, 0.15) is 19.8 Å². The van der Waals surface area contributed by atoms with Gasteiger partial charge in [-0.05, 0) is 50.4 Å². The van der Waals surface area contributed by atoms with Crippen molar-refractivity contribution in [3.05, 3.63) is 24.0 Å². The first kappa shape index (κ1) is 15.2. The van der Waals surface area contributed by atoms with E-state index in [2.05, 4.69) is 0 Å². The second kappa shape index (κ2) is 5.67. The van der Waals surface area contributed by atoms with Crippen molar-refractivity contribution in [2.24, 2.45) is 16.8 Å². The Labute approximate surface area is 118 Å². The fourth-order valence-electron chi connectivity index (χ4n) is 2.61. The summed E-state index contributed by atoms with van der Waals surface area (Å²) in [5.41, 5.74) is 6.10. The molecule has 0 radical (unpaired) electrons. The molecular weight excluding hydrogens is 281 g/mol. The Morgan fingerprint density at radius 3 is 2.65 bits per heavy atom. The number of primary sulfonamides is 1. The Bertz CT molecular complexity index is 591. The Kier molecular flexibility index (Phi) is 4.31. The van der Waals surface area contributed by atoms with Gasteiger partial charge in [0.05, 0.1) is 10.6 Å². The molecule has 2 unspecified atom stereocenters. The summed E-state index contributed by atoms with van der Waals surface area (Å²) in [7, 11) is -3.88. The van der Waals surface area contributed by atoms with Crippen molar-refractivity contribution < 1.29 is 12.8 Å². The van der Waals surface area contributed by atoms with E-state index in [0.29, 0.717) is 24.7 Å². The molecule has 4 N–H and O–H groups in total. The standard InChI is InChI=1S/C13H20FN3O2S/c1-9-2-3-10(7-15)8-17(9)13-5-4-11(6-12(13)14)20(16,18)19/h4-6,9-10H,2-3,7-8,15H2,1H3,(H2,16,18,19).